The molecule has 6 nitrogen and oxygen atoms in total. The van der Waals surface area contributed by atoms with Crippen LogP contribution in [0.1, 0.15) is 18.4 Å². The molecule has 3 amide bonds. The Balaban J connectivity index is 2.39. The summed E-state index contributed by atoms with van der Waals surface area (Å²) in [6.07, 6.45) is -0.527. The third-order valence-corrected chi connectivity index (χ3v) is 2.13. The molecule has 0 spiro atoms. The van der Waals surface area contributed by atoms with Crippen LogP contribution >= 0.6 is 0 Å². The van der Waals surface area contributed by atoms with Gasteiger partial charge >= 0.3 is 12.0 Å². The van der Waals surface area contributed by atoms with Crippen molar-refractivity contribution in [2.75, 3.05) is 5.32 Å². The Kier molecular flexibility index (Phi) is 4.86. The summed E-state index contributed by atoms with van der Waals surface area (Å²) in [6, 6.07) is 6.38. The summed E-state index contributed by atoms with van der Waals surface area (Å²) in [5, 5.41) is 12.9. The van der Waals surface area contributed by atoms with Gasteiger partial charge in [0.05, 0.1) is 6.42 Å². The van der Waals surface area contributed by atoms with Crippen LogP contribution in [0.2, 0.25) is 0 Å². The summed E-state index contributed by atoms with van der Waals surface area (Å²) in [7, 11) is 0. The summed E-state index contributed by atoms with van der Waals surface area (Å²) in [5.41, 5.74) is 1.61. The zero-order chi connectivity index (χ0) is 13.5. The first-order chi connectivity index (χ1) is 8.47. The monoisotopic (exact) mass is 250 g/mol. The highest BCUT2D eigenvalue weighted by atomic mass is 16.4. The smallest absolute Gasteiger partial charge is 0.325 e. The van der Waals surface area contributed by atoms with E-state index in [4.69, 9.17) is 5.11 Å². The van der Waals surface area contributed by atoms with E-state index in [1.807, 2.05) is 24.4 Å². The average Bonchev–Trinajstić information content (AvgIpc) is 2.29. The predicted octanol–water partition coefficient (Wildman–Crippen LogP) is 1.51. The lowest BCUT2D eigenvalue weighted by molar-refractivity contribution is -0.138. The van der Waals surface area contributed by atoms with E-state index in [1.54, 1.807) is 12.1 Å². The summed E-state index contributed by atoms with van der Waals surface area (Å²) < 4.78 is 0. The zero-order valence-electron chi connectivity index (χ0n) is 9.90. The Labute approximate surface area is 104 Å². The van der Waals surface area contributed by atoms with Crippen LogP contribution in [-0.2, 0) is 9.59 Å². The van der Waals surface area contributed by atoms with Gasteiger partial charge in [-0.25, -0.2) is 4.79 Å². The molecule has 0 saturated carbocycles. The number of carbonyl (C=O) groups is 3. The summed E-state index contributed by atoms with van der Waals surface area (Å²) in [4.78, 5) is 32.8. The highest BCUT2D eigenvalue weighted by Crippen LogP contribution is 2.07. The van der Waals surface area contributed by atoms with Crippen molar-refractivity contribution in [3.05, 3.63) is 29.8 Å². The van der Waals surface area contributed by atoms with Crippen molar-refractivity contribution < 1.29 is 19.5 Å². The summed E-state index contributed by atoms with van der Waals surface area (Å²) >= 11 is 0. The summed E-state index contributed by atoms with van der Waals surface area (Å²) in [5.74, 6) is -1.70. The Morgan fingerprint density at radius 2 is 1.72 bits per heavy atom. The molecule has 0 radical (unpaired) electrons. The molecule has 0 bridgehead atoms. The number of imide groups is 1. The Bertz CT molecular complexity index is 454. The first kappa shape index (κ1) is 13.7. The standard InChI is InChI=1S/C12H14N2O4/c1-8-2-4-9(5-3-8)13-12(18)14-10(15)6-7-11(16)17/h2-5H,6-7H2,1H3,(H,16,17)(H2,13,14,15,18). The highest BCUT2D eigenvalue weighted by Gasteiger charge is 2.09. The van der Waals surface area contributed by atoms with Crippen molar-refractivity contribution in [1.82, 2.24) is 5.32 Å². The molecule has 0 fully saturated rings. The maximum absolute atomic E-state index is 11.4. The number of benzene rings is 1. The minimum absolute atomic E-state index is 0.226. The molecule has 0 saturated heterocycles. The average molecular weight is 250 g/mol. The number of nitrogens with one attached hydrogen (secondary N) is 2. The Morgan fingerprint density at radius 3 is 2.28 bits per heavy atom. The molecule has 0 aliphatic rings. The lowest BCUT2D eigenvalue weighted by Crippen LogP contribution is -2.34. The summed E-state index contributed by atoms with van der Waals surface area (Å²) in [6.45, 7) is 1.92. The molecule has 1 aromatic rings. The number of carboxylic acids is 1. The Hall–Kier alpha value is -2.37. The SMILES string of the molecule is Cc1ccc(NC(=O)NC(=O)CCC(=O)O)cc1. The number of hydrogen-bond donors (Lipinski definition) is 3. The maximum atomic E-state index is 11.4. The van der Waals surface area contributed by atoms with Crippen molar-refractivity contribution in [1.29, 1.82) is 0 Å². The molecule has 0 aromatic heterocycles. The number of aryl methyl sites for hydroxylation is 1. The van der Waals surface area contributed by atoms with E-state index in [0.717, 1.165) is 5.56 Å². The molecule has 0 heterocycles. The highest BCUT2D eigenvalue weighted by molar-refractivity contribution is 6.01. The van der Waals surface area contributed by atoms with Crippen LogP contribution in [0.25, 0.3) is 0 Å². The van der Waals surface area contributed by atoms with E-state index in [-0.39, 0.29) is 12.8 Å². The van der Waals surface area contributed by atoms with E-state index in [0.29, 0.717) is 5.69 Å². The topological polar surface area (TPSA) is 95.5 Å². The van der Waals surface area contributed by atoms with Gasteiger partial charge in [-0.1, -0.05) is 17.7 Å². The van der Waals surface area contributed by atoms with Crippen molar-refractivity contribution in [2.45, 2.75) is 19.8 Å². The number of anilines is 1. The third kappa shape index (κ3) is 5.11. The lowest BCUT2D eigenvalue weighted by Gasteiger charge is -2.06. The molecule has 0 aliphatic carbocycles. The molecule has 1 rings (SSSR count). The van der Waals surface area contributed by atoms with Gasteiger partial charge in [0.2, 0.25) is 5.91 Å². The quantitative estimate of drug-likeness (QED) is 0.754. The fourth-order valence-electron chi connectivity index (χ4n) is 1.21. The molecule has 3 N–H and O–H groups in total. The first-order valence-electron chi connectivity index (χ1n) is 5.36. The van der Waals surface area contributed by atoms with Gasteiger partial charge in [-0.05, 0) is 19.1 Å². The van der Waals surface area contributed by atoms with Gasteiger partial charge < -0.3 is 10.4 Å². The molecule has 0 aliphatic heterocycles. The van der Waals surface area contributed by atoms with Crippen LogP contribution in [0.5, 0.6) is 0 Å². The van der Waals surface area contributed by atoms with Gasteiger partial charge in [0.1, 0.15) is 0 Å². The van der Waals surface area contributed by atoms with E-state index < -0.39 is 17.9 Å². The molecule has 96 valence electrons. The molecular weight excluding hydrogens is 236 g/mol. The van der Waals surface area contributed by atoms with Crippen LogP contribution in [-0.4, -0.2) is 23.0 Å². The maximum Gasteiger partial charge on any atom is 0.325 e. The largest absolute Gasteiger partial charge is 0.481 e. The predicted molar refractivity (Wildman–Crippen MR) is 65.2 cm³/mol. The third-order valence-electron chi connectivity index (χ3n) is 2.13. The number of hydrogen-bond acceptors (Lipinski definition) is 3. The van der Waals surface area contributed by atoms with Crippen LogP contribution in [0, 0.1) is 6.92 Å². The minimum atomic E-state index is -1.08. The van der Waals surface area contributed by atoms with Crippen LogP contribution in [0.15, 0.2) is 24.3 Å². The van der Waals surface area contributed by atoms with Crippen molar-refractivity contribution in [3.8, 4) is 0 Å². The molecule has 0 unspecified atom stereocenters. The number of aliphatic carboxylic acids is 1. The van der Waals surface area contributed by atoms with Gasteiger partial charge in [0.15, 0.2) is 0 Å². The van der Waals surface area contributed by atoms with E-state index in [2.05, 4.69) is 5.32 Å². The molecule has 0 atom stereocenters. The normalized spacial score (nSPS) is 9.61. The van der Waals surface area contributed by atoms with Gasteiger partial charge in [0.25, 0.3) is 0 Å². The second-order valence-electron chi connectivity index (χ2n) is 3.76. The fraction of sp³-hybridized carbons (Fsp3) is 0.250. The van der Waals surface area contributed by atoms with Crippen LogP contribution in [0.3, 0.4) is 0 Å². The lowest BCUT2D eigenvalue weighted by atomic mass is 10.2. The molecule has 18 heavy (non-hydrogen) atoms. The molecule has 6 heteroatoms. The van der Waals surface area contributed by atoms with Gasteiger partial charge in [-0.2, -0.15) is 0 Å². The fourth-order valence-corrected chi connectivity index (χ4v) is 1.21. The number of carboxylic acid groups (broad SMARTS) is 1. The second-order valence-corrected chi connectivity index (χ2v) is 3.76. The van der Waals surface area contributed by atoms with Gasteiger partial charge in [0, 0.05) is 12.1 Å². The van der Waals surface area contributed by atoms with Crippen molar-refractivity contribution >= 4 is 23.6 Å². The molecule has 1 aromatic carbocycles. The number of amides is 3. The zero-order valence-corrected chi connectivity index (χ0v) is 9.90. The second kappa shape index (κ2) is 6.39. The van der Waals surface area contributed by atoms with Gasteiger partial charge in [-0.15, -0.1) is 0 Å². The minimum Gasteiger partial charge on any atom is -0.481 e. The Morgan fingerprint density at radius 1 is 1.11 bits per heavy atom. The van der Waals surface area contributed by atoms with Crippen LogP contribution < -0.4 is 10.6 Å². The van der Waals surface area contributed by atoms with E-state index in [9.17, 15) is 14.4 Å². The van der Waals surface area contributed by atoms with Gasteiger partial charge in [-0.3, -0.25) is 14.9 Å². The number of carbonyl (C=O) groups excluding carboxylic acids is 2. The van der Waals surface area contributed by atoms with E-state index in [1.165, 1.54) is 0 Å². The van der Waals surface area contributed by atoms with Crippen LogP contribution in [0.4, 0.5) is 10.5 Å². The first-order valence-corrected chi connectivity index (χ1v) is 5.36. The molecular formula is C12H14N2O4. The number of rotatable bonds is 4. The van der Waals surface area contributed by atoms with E-state index >= 15 is 0 Å². The van der Waals surface area contributed by atoms with Crippen molar-refractivity contribution in [2.24, 2.45) is 0 Å². The van der Waals surface area contributed by atoms with Crippen molar-refractivity contribution in [3.63, 3.8) is 0 Å². The number of urea groups is 1.